The number of carbonyl (C=O) groups is 2. The van der Waals surface area contributed by atoms with E-state index < -0.39 is 0 Å². The average Bonchev–Trinajstić information content (AvgIpc) is 2.53. The molecule has 4 aliphatic carbocycles. The van der Waals surface area contributed by atoms with Crippen molar-refractivity contribution in [3.63, 3.8) is 0 Å². The highest BCUT2D eigenvalue weighted by molar-refractivity contribution is 5.90. The van der Waals surface area contributed by atoms with Crippen LogP contribution in [0.2, 0.25) is 0 Å². The molecule has 0 heterocycles. The summed E-state index contributed by atoms with van der Waals surface area (Å²) in [5.74, 6) is 2.56. The normalized spacial score (nSPS) is 32.3. The molecular weight excluding hydrogens is 316 g/mol. The molecule has 25 heavy (non-hydrogen) atoms. The van der Waals surface area contributed by atoms with Crippen molar-refractivity contribution in [2.75, 3.05) is 5.32 Å². The Morgan fingerprint density at radius 3 is 2.36 bits per heavy atom. The predicted octanol–water partition coefficient (Wildman–Crippen LogP) is 4.09. The lowest BCUT2D eigenvalue weighted by molar-refractivity contribution is -0.134. The maximum absolute atomic E-state index is 12.6. The van der Waals surface area contributed by atoms with Crippen molar-refractivity contribution >= 4 is 17.7 Å². The SMILES string of the molecule is CCC(=O)Oc1cccc(NC(=O)NC23CC4CC(CC(C4)C2)C3)c1. The molecule has 0 spiro atoms. The molecule has 0 radical (unpaired) electrons. The van der Waals surface area contributed by atoms with E-state index in [9.17, 15) is 9.59 Å². The number of benzene rings is 1. The van der Waals surface area contributed by atoms with Gasteiger partial charge in [0.05, 0.1) is 0 Å². The molecule has 2 N–H and O–H groups in total. The van der Waals surface area contributed by atoms with E-state index in [0.717, 1.165) is 37.0 Å². The number of anilines is 1. The highest BCUT2D eigenvalue weighted by Crippen LogP contribution is 2.55. The number of ether oxygens (including phenoxy) is 1. The van der Waals surface area contributed by atoms with Crippen molar-refractivity contribution in [1.29, 1.82) is 0 Å². The first-order valence-electron chi connectivity index (χ1n) is 9.43. The van der Waals surface area contributed by atoms with Gasteiger partial charge in [0.15, 0.2) is 0 Å². The molecule has 4 fully saturated rings. The predicted molar refractivity (Wildman–Crippen MR) is 95.4 cm³/mol. The lowest BCUT2D eigenvalue weighted by Crippen LogP contribution is -2.60. The number of amides is 2. The lowest BCUT2D eigenvalue weighted by atomic mass is 9.53. The Kier molecular flexibility index (Phi) is 4.18. The van der Waals surface area contributed by atoms with Gasteiger partial charge in [-0.25, -0.2) is 4.79 Å². The Morgan fingerprint density at radius 2 is 1.76 bits per heavy atom. The molecule has 4 saturated carbocycles. The van der Waals surface area contributed by atoms with Crippen LogP contribution in [0.4, 0.5) is 10.5 Å². The van der Waals surface area contributed by atoms with Crippen LogP contribution in [0.25, 0.3) is 0 Å². The maximum atomic E-state index is 12.6. The summed E-state index contributed by atoms with van der Waals surface area (Å²) in [6.07, 6.45) is 7.76. The van der Waals surface area contributed by atoms with Crippen LogP contribution in [0.15, 0.2) is 24.3 Å². The van der Waals surface area contributed by atoms with E-state index in [1.807, 2.05) is 6.07 Å². The number of urea groups is 1. The molecule has 0 aromatic heterocycles. The fraction of sp³-hybridized carbons (Fsp3) is 0.600. The van der Waals surface area contributed by atoms with Crippen molar-refractivity contribution in [2.45, 2.75) is 57.4 Å². The minimum atomic E-state index is -0.282. The minimum absolute atomic E-state index is 0.00881. The molecule has 0 aliphatic heterocycles. The summed E-state index contributed by atoms with van der Waals surface area (Å²) < 4.78 is 5.21. The van der Waals surface area contributed by atoms with Gasteiger partial charge < -0.3 is 15.4 Å². The van der Waals surface area contributed by atoms with Gasteiger partial charge in [-0.2, -0.15) is 0 Å². The van der Waals surface area contributed by atoms with Gasteiger partial charge in [0.2, 0.25) is 0 Å². The molecule has 134 valence electrons. The summed E-state index contributed by atoms with van der Waals surface area (Å²) in [6.45, 7) is 1.75. The summed E-state index contributed by atoms with van der Waals surface area (Å²) in [7, 11) is 0. The van der Waals surface area contributed by atoms with Crippen LogP contribution in [-0.2, 0) is 4.79 Å². The smallest absolute Gasteiger partial charge is 0.319 e. The van der Waals surface area contributed by atoms with Gasteiger partial charge in [0, 0.05) is 23.7 Å². The lowest BCUT2D eigenvalue weighted by Gasteiger charge is -2.56. The van der Waals surface area contributed by atoms with E-state index in [4.69, 9.17) is 4.74 Å². The van der Waals surface area contributed by atoms with Gasteiger partial charge in [0.25, 0.3) is 0 Å². The summed E-state index contributed by atoms with van der Waals surface area (Å²) in [5.41, 5.74) is 0.633. The third kappa shape index (κ3) is 3.51. The van der Waals surface area contributed by atoms with Crippen molar-refractivity contribution in [1.82, 2.24) is 5.32 Å². The number of nitrogens with one attached hydrogen (secondary N) is 2. The largest absolute Gasteiger partial charge is 0.426 e. The van der Waals surface area contributed by atoms with Crippen LogP contribution in [0.3, 0.4) is 0 Å². The van der Waals surface area contributed by atoms with E-state index in [0.29, 0.717) is 17.9 Å². The Morgan fingerprint density at radius 1 is 1.12 bits per heavy atom. The first kappa shape index (κ1) is 16.4. The molecule has 0 atom stereocenters. The van der Waals surface area contributed by atoms with Crippen molar-refractivity contribution < 1.29 is 14.3 Å². The topological polar surface area (TPSA) is 67.4 Å². The van der Waals surface area contributed by atoms with Gasteiger partial charge in [-0.05, 0) is 68.4 Å². The Labute approximate surface area is 148 Å². The van der Waals surface area contributed by atoms with Crippen LogP contribution in [0.5, 0.6) is 5.75 Å². The third-order valence-electron chi connectivity index (χ3n) is 6.03. The molecule has 4 aliphatic rings. The molecule has 2 amide bonds. The number of rotatable bonds is 4. The standard InChI is InChI=1S/C20H26N2O3/c1-2-18(23)25-17-5-3-4-16(9-17)21-19(24)22-20-10-13-6-14(11-20)8-15(7-13)12-20/h3-5,9,13-15H,2,6-8,10-12H2,1H3,(H2,21,22,24). The molecule has 0 unspecified atom stereocenters. The first-order chi connectivity index (χ1) is 12.0. The van der Waals surface area contributed by atoms with Crippen molar-refractivity contribution in [3.05, 3.63) is 24.3 Å². The third-order valence-corrected chi connectivity index (χ3v) is 6.03. The molecule has 5 nitrogen and oxygen atoms in total. The van der Waals surface area contributed by atoms with Gasteiger partial charge in [-0.3, -0.25) is 4.79 Å². The maximum Gasteiger partial charge on any atom is 0.319 e. The van der Waals surface area contributed by atoms with Crippen molar-refractivity contribution in [3.8, 4) is 5.75 Å². The number of hydrogen-bond acceptors (Lipinski definition) is 3. The first-order valence-corrected chi connectivity index (χ1v) is 9.43. The summed E-state index contributed by atoms with van der Waals surface area (Å²) >= 11 is 0. The molecule has 4 bridgehead atoms. The van der Waals surface area contributed by atoms with Crippen LogP contribution in [0.1, 0.15) is 51.9 Å². The Hall–Kier alpha value is -2.04. The quantitative estimate of drug-likeness (QED) is 0.640. The molecule has 1 aromatic carbocycles. The average molecular weight is 342 g/mol. The van der Waals surface area contributed by atoms with Gasteiger partial charge in [0.1, 0.15) is 5.75 Å². The van der Waals surface area contributed by atoms with E-state index >= 15 is 0 Å². The van der Waals surface area contributed by atoms with E-state index in [1.165, 1.54) is 19.3 Å². The van der Waals surface area contributed by atoms with Crippen LogP contribution in [-0.4, -0.2) is 17.5 Å². The van der Waals surface area contributed by atoms with Crippen LogP contribution < -0.4 is 15.4 Å². The van der Waals surface area contributed by atoms with E-state index in [1.54, 1.807) is 25.1 Å². The van der Waals surface area contributed by atoms with Gasteiger partial charge >= 0.3 is 12.0 Å². The summed E-state index contributed by atoms with van der Waals surface area (Å²) in [5, 5.41) is 6.19. The highest BCUT2D eigenvalue weighted by atomic mass is 16.5. The van der Waals surface area contributed by atoms with Gasteiger partial charge in [-0.15, -0.1) is 0 Å². The molecule has 5 heteroatoms. The fourth-order valence-electron chi connectivity index (χ4n) is 5.51. The molecule has 0 saturated heterocycles. The van der Waals surface area contributed by atoms with E-state index in [2.05, 4.69) is 10.6 Å². The second-order valence-electron chi connectivity index (χ2n) is 8.13. The Bertz CT molecular complexity index is 650. The second-order valence-corrected chi connectivity index (χ2v) is 8.13. The van der Waals surface area contributed by atoms with Gasteiger partial charge in [-0.1, -0.05) is 13.0 Å². The van der Waals surface area contributed by atoms with Crippen LogP contribution in [0, 0.1) is 17.8 Å². The zero-order valence-electron chi connectivity index (χ0n) is 14.7. The monoisotopic (exact) mass is 342 g/mol. The van der Waals surface area contributed by atoms with Crippen LogP contribution >= 0.6 is 0 Å². The molecular formula is C20H26N2O3. The number of esters is 1. The molecule has 1 aromatic rings. The fourth-order valence-corrected chi connectivity index (χ4v) is 5.51. The second kappa shape index (κ2) is 6.36. The van der Waals surface area contributed by atoms with Crippen molar-refractivity contribution in [2.24, 2.45) is 17.8 Å². The summed E-state index contributed by atoms with van der Waals surface area (Å²) in [4.78, 5) is 24.0. The number of carbonyl (C=O) groups excluding carboxylic acids is 2. The zero-order valence-corrected chi connectivity index (χ0v) is 14.7. The highest BCUT2D eigenvalue weighted by Gasteiger charge is 2.51. The minimum Gasteiger partial charge on any atom is -0.426 e. The zero-order chi connectivity index (χ0) is 17.4. The van der Waals surface area contributed by atoms with E-state index in [-0.39, 0.29) is 17.5 Å². The Balaban J connectivity index is 1.39. The number of hydrogen-bond donors (Lipinski definition) is 2. The summed E-state index contributed by atoms with van der Waals surface area (Å²) in [6, 6.07) is 6.84. The molecule has 5 rings (SSSR count).